The van der Waals surface area contributed by atoms with Gasteiger partial charge in [0.05, 0.1) is 12.6 Å². The van der Waals surface area contributed by atoms with Crippen molar-refractivity contribution in [2.45, 2.75) is 31.8 Å². The average Bonchev–Trinajstić information content (AvgIpc) is 3.64. The largest absolute Gasteiger partial charge is 0.456 e. The second-order valence-corrected chi connectivity index (χ2v) is 10.1. The van der Waals surface area contributed by atoms with Gasteiger partial charge in [0.1, 0.15) is 23.0 Å². The Kier molecular flexibility index (Phi) is 6.66. The lowest BCUT2D eigenvalue weighted by molar-refractivity contribution is -0.137. The van der Waals surface area contributed by atoms with E-state index >= 15 is 0 Å². The quantitative estimate of drug-likeness (QED) is 0.219. The second kappa shape index (κ2) is 10.1. The number of hydrogen-bond donors (Lipinski definition) is 4. The highest BCUT2D eigenvalue weighted by Gasteiger charge is 2.34. The Morgan fingerprint density at radius 3 is 2.70 bits per heavy atom. The highest BCUT2D eigenvalue weighted by atomic mass is 32.1. The van der Waals surface area contributed by atoms with Gasteiger partial charge in [-0.15, -0.1) is 11.3 Å². The number of amides is 3. The van der Waals surface area contributed by atoms with Gasteiger partial charge in [-0.3, -0.25) is 19.8 Å². The summed E-state index contributed by atoms with van der Waals surface area (Å²) in [6.07, 6.45) is 1.27. The molecule has 5 N–H and O–H groups in total. The maximum Gasteiger partial charge on any atom is 0.251 e. The summed E-state index contributed by atoms with van der Waals surface area (Å²) in [7, 11) is 0. The molecule has 2 aromatic heterocycles. The molecule has 1 fully saturated rings. The Balaban J connectivity index is 1.20. The van der Waals surface area contributed by atoms with Crippen molar-refractivity contribution in [3.8, 4) is 0 Å². The van der Waals surface area contributed by atoms with Crippen molar-refractivity contribution in [3.05, 3.63) is 69.9 Å². The van der Waals surface area contributed by atoms with Gasteiger partial charge in [-0.05, 0) is 50.1 Å². The number of fused-ring (bicyclic) bond motifs is 3. The number of nitrogens with two attached hydrogens (primary N) is 1. The minimum atomic E-state index is -0.590. The van der Waals surface area contributed by atoms with Crippen molar-refractivity contribution < 1.29 is 18.8 Å². The SMILES string of the molecule is C[C@@H](NC(=O)[C@@H]1CCCN1C(=O)CNC(=O)c1ccc2oc3ccccc3c2c1)c1cc(C(=N)N)cs1. The molecule has 10 heteroatoms. The number of likely N-dealkylation sites (tertiary alicyclic amines) is 1. The molecule has 0 bridgehead atoms. The van der Waals surface area contributed by atoms with Crippen LogP contribution in [0.25, 0.3) is 21.9 Å². The molecular weight excluding hydrogens is 490 g/mol. The lowest BCUT2D eigenvalue weighted by Gasteiger charge is -2.25. The molecule has 3 amide bonds. The monoisotopic (exact) mass is 517 g/mol. The summed E-state index contributed by atoms with van der Waals surface area (Å²) in [5, 5.41) is 16.7. The first kappa shape index (κ1) is 24.5. The van der Waals surface area contributed by atoms with Gasteiger partial charge in [0, 0.05) is 38.7 Å². The molecule has 190 valence electrons. The fourth-order valence-corrected chi connectivity index (χ4v) is 5.58. The summed E-state index contributed by atoms with van der Waals surface area (Å²) in [6, 6.07) is 13.7. The molecule has 0 aliphatic carbocycles. The van der Waals surface area contributed by atoms with E-state index in [0.717, 1.165) is 21.2 Å². The van der Waals surface area contributed by atoms with Gasteiger partial charge < -0.3 is 25.7 Å². The minimum absolute atomic E-state index is 0.0197. The van der Waals surface area contributed by atoms with Crippen LogP contribution in [0.15, 0.2) is 58.3 Å². The van der Waals surface area contributed by atoms with E-state index in [1.54, 1.807) is 29.6 Å². The summed E-state index contributed by atoms with van der Waals surface area (Å²) in [5.74, 6) is -0.926. The Morgan fingerprint density at radius 2 is 1.92 bits per heavy atom. The molecule has 2 aromatic carbocycles. The molecule has 4 aromatic rings. The Hall–Kier alpha value is -4.18. The maximum absolute atomic E-state index is 13.0. The fourth-order valence-electron chi connectivity index (χ4n) is 4.67. The summed E-state index contributed by atoms with van der Waals surface area (Å²) in [4.78, 5) is 41.2. The number of thiophene rings is 1. The number of carbonyl (C=O) groups is 3. The van der Waals surface area contributed by atoms with Crippen LogP contribution in [0.1, 0.15) is 46.6 Å². The molecule has 0 unspecified atom stereocenters. The van der Waals surface area contributed by atoms with Crippen LogP contribution >= 0.6 is 11.3 Å². The molecular formula is C27H27N5O4S. The molecule has 1 aliphatic heterocycles. The number of amidine groups is 1. The topological polar surface area (TPSA) is 142 Å². The van der Waals surface area contributed by atoms with E-state index in [-0.39, 0.29) is 36.1 Å². The molecule has 1 saturated heterocycles. The molecule has 3 heterocycles. The first-order chi connectivity index (χ1) is 17.8. The van der Waals surface area contributed by atoms with Gasteiger partial charge in [0.2, 0.25) is 11.8 Å². The molecule has 9 nitrogen and oxygen atoms in total. The van der Waals surface area contributed by atoms with Crippen molar-refractivity contribution in [1.29, 1.82) is 5.41 Å². The third-order valence-corrected chi connectivity index (χ3v) is 7.75. The van der Waals surface area contributed by atoms with E-state index in [0.29, 0.717) is 36.1 Å². The number of furan rings is 1. The standard InChI is InChI=1S/C27H27N5O4S/c1-15(23-12-17(14-37-23)25(28)29)31-27(35)20-6-4-10-32(20)24(33)13-30-26(34)16-8-9-22-19(11-16)18-5-2-3-7-21(18)36-22/h2-3,5,7-9,11-12,14-15,20H,4,6,10,13H2,1H3,(H3,28,29)(H,30,34)(H,31,35)/t15-,20+/m1/s1. The number of nitrogens with zero attached hydrogens (tertiary/aromatic N) is 1. The number of carbonyl (C=O) groups excluding carboxylic acids is 3. The van der Waals surface area contributed by atoms with Crippen LogP contribution in [-0.4, -0.2) is 47.6 Å². The number of benzene rings is 2. The van der Waals surface area contributed by atoms with Crippen LogP contribution in [0, 0.1) is 5.41 Å². The van der Waals surface area contributed by atoms with Crippen LogP contribution < -0.4 is 16.4 Å². The zero-order chi connectivity index (χ0) is 26.1. The van der Waals surface area contributed by atoms with Crippen LogP contribution in [0.2, 0.25) is 0 Å². The smallest absolute Gasteiger partial charge is 0.251 e. The van der Waals surface area contributed by atoms with Gasteiger partial charge in [-0.25, -0.2) is 0 Å². The minimum Gasteiger partial charge on any atom is -0.456 e. The van der Waals surface area contributed by atoms with Gasteiger partial charge in [-0.2, -0.15) is 0 Å². The van der Waals surface area contributed by atoms with E-state index in [4.69, 9.17) is 15.6 Å². The average molecular weight is 518 g/mol. The maximum atomic E-state index is 13.0. The van der Waals surface area contributed by atoms with Crippen molar-refractivity contribution in [2.24, 2.45) is 5.73 Å². The number of para-hydroxylation sites is 1. The van der Waals surface area contributed by atoms with E-state index in [2.05, 4.69) is 10.6 Å². The number of hydrogen-bond acceptors (Lipinski definition) is 6. The Morgan fingerprint density at radius 1 is 1.14 bits per heavy atom. The molecule has 1 aliphatic rings. The summed E-state index contributed by atoms with van der Waals surface area (Å²) in [6.45, 7) is 2.12. The van der Waals surface area contributed by atoms with Crippen LogP contribution in [0.5, 0.6) is 0 Å². The van der Waals surface area contributed by atoms with Crippen molar-refractivity contribution in [3.63, 3.8) is 0 Å². The summed E-state index contributed by atoms with van der Waals surface area (Å²) < 4.78 is 5.81. The lowest BCUT2D eigenvalue weighted by atomic mass is 10.1. The summed E-state index contributed by atoms with van der Waals surface area (Å²) >= 11 is 1.42. The first-order valence-corrected chi connectivity index (χ1v) is 12.9. The van der Waals surface area contributed by atoms with Crippen molar-refractivity contribution >= 4 is 56.8 Å². The van der Waals surface area contributed by atoms with Crippen LogP contribution in [-0.2, 0) is 9.59 Å². The lowest BCUT2D eigenvalue weighted by Crippen LogP contribution is -2.49. The first-order valence-electron chi connectivity index (χ1n) is 12.0. The van der Waals surface area contributed by atoms with Gasteiger partial charge >= 0.3 is 0 Å². The fraction of sp³-hybridized carbons (Fsp3) is 0.259. The predicted molar refractivity (Wildman–Crippen MR) is 143 cm³/mol. The van der Waals surface area contributed by atoms with Crippen molar-refractivity contribution in [1.82, 2.24) is 15.5 Å². The van der Waals surface area contributed by atoms with Crippen LogP contribution in [0.3, 0.4) is 0 Å². The normalized spacial score (nSPS) is 16.1. The number of nitrogen functional groups attached to an aromatic ring is 1. The second-order valence-electron chi connectivity index (χ2n) is 9.12. The third-order valence-electron chi connectivity index (χ3n) is 6.63. The van der Waals surface area contributed by atoms with Gasteiger partial charge in [0.15, 0.2) is 0 Å². The molecule has 0 radical (unpaired) electrons. The number of rotatable bonds is 7. The van der Waals surface area contributed by atoms with E-state index < -0.39 is 6.04 Å². The highest BCUT2D eigenvalue weighted by Crippen LogP contribution is 2.29. The predicted octanol–water partition coefficient (Wildman–Crippen LogP) is 3.53. The van der Waals surface area contributed by atoms with Crippen LogP contribution in [0.4, 0.5) is 0 Å². The summed E-state index contributed by atoms with van der Waals surface area (Å²) in [5.41, 5.74) is 8.02. The van der Waals surface area contributed by atoms with Crippen molar-refractivity contribution in [2.75, 3.05) is 13.1 Å². The molecule has 0 spiro atoms. The zero-order valence-corrected chi connectivity index (χ0v) is 21.1. The zero-order valence-electron chi connectivity index (χ0n) is 20.2. The molecule has 37 heavy (non-hydrogen) atoms. The Bertz CT molecular complexity index is 1520. The van der Waals surface area contributed by atoms with E-state index in [1.807, 2.05) is 31.2 Å². The molecule has 2 atom stereocenters. The van der Waals surface area contributed by atoms with E-state index in [1.165, 1.54) is 16.2 Å². The van der Waals surface area contributed by atoms with E-state index in [9.17, 15) is 14.4 Å². The Labute approximate surface area is 217 Å². The highest BCUT2D eigenvalue weighted by molar-refractivity contribution is 7.10. The van der Waals surface area contributed by atoms with Gasteiger partial charge in [0.25, 0.3) is 5.91 Å². The number of nitrogens with one attached hydrogen (secondary N) is 3. The third kappa shape index (κ3) is 4.92. The van der Waals surface area contributed by atoms with Gasteiger partial charge in [-0.1, -0.05) is 18.2 Å². The molecule has 5 rings (SSSR count). The molecule has 0 saturated carbocycles.